The highest BCUT2D eigenvalue weighted by Crippen LogP contribution is 2.60. The molecular formula is C21H26O2. The molecule has 1 aromatic rings. The van der Waals surface area contributed by atoms with E-state index in [1.165, 1.54) is 16.7 Å². The molecule has 23 heavy (non-hydrogen) atoms. The molecule has 3 aliphatic carbocycles. The molecule has 0 saturated heterocycles. The van der Waals surface area contributed by atoms with Gasteiger partial charge in [-0.05, 0) is 66.7 Å². The van der Waals surface area contributed by atoms with Gasteiger partial charge in [0, 0.05) is 6.42 Å². The summed E-state index contributed by atoms with van der Waals surface area (Å²) in [6, 6.07) is 6.59. The number of methoxy groups -OCH3 is 1. The first-order chi connectivity index (χ1) is 11.1. The summed E-state index contributed by atoms with van der Waals surface area (Å²) >= 11 is 0. The van der Waals surface area contributed by atoms with Gasteiger partial charge in [0.2, 0.25) is 0 Å². The molecular weight excluding hydrogens is 284 g/mol. The molecule has 4 atom stereocenters. The molecule has 3 aliphatic rings. The van der Waals surface area contributed by atoms with Gasteiger partial charge >= 0.3 is 0 Å². The third-order valence-electron chi connectivity index (χ3n) is 6.78. The molecule has 0 aliphatic heterocycles. The number of fused-ring (bicyclic) bond motifs is 5. The van der Waals surface area contributed by atoms with Crippen LogP contribution in [0.4, 0.5) is 0 Å². The third kappa shape index (κ3) is 1.96. The van der Waals surface area contributed by atoms with Crippen molar-refractivity contribution in [3.8, 4) is 5.75 Å². The van der Waals surface area contributed by atoms with Gasteiger partial charge in [0.05, 0.1) is 12.5 Å². The number of benzene rings is 1. The molecule has 2 heteroatoms. The molecule has 0 bridgehead atoms. The molecule has 1 aromatic carbocycles. The number of carbonyl (C=O) groups excluding carboxylic acids is 1. The Bertz CT molecular complexity index is 687. The van der Waals surface area contributed by atoms with Gasteiger partial charge in [0.15, 0.2) is 0 Å². The van der Waals surface area contributed by atoms with Gasteiger partial charge in [-0.3, -0.25) is 4.79 Å². The first kappa shape index (κ1) is 15.0. The molecule has 0 N–H and O–H groups in total. The summed E-state index contributed by atoms with van der Waals surface area (Å²) in [6.07, 6.45) is 7.20. The van der Waals surface area contributed by atoms with Crippen LogP contribution >= 0.6 is 0 Å². The van der Waals surface area contributed by atoms with Crippen LogP contribution < -0.4 is 4.74 Å². The highest BCUT2D eigenvalue weighted by atomic mass is 16.5. The van der Waals surface area contributed by atoms with E-state index < -0.39 is 0 Å². The molecule has 4 rings (SSSR count). The average Bonchev–Trinajstić information content (AvgIpc) is 2.91. The van der Waals surface area contributed by atoms with E-state index in [0.717, 1.165) is 31.4 Å². The van der Waals surface area contributed by atoms with Crippen molar-refractivity contribution >= 4 is 5.78 Å². The topological polar surface area (TPSA) is 26.3 Å². The molecule has 1 fully saturated rings. The van der Waals surface area contributed by atoms with E-state index in [0.29, 0.717) is 30.0 Å². The van der Waals surface area contributed by atoms with Gasteiger partial charge in [-0.1, -0.05) is 31.6 Å². The fourth-order valence-corrected chi connectivity index (χ4v) is 5.64. The minimum Gasteiger partial charge on any atom is -0.497 e. The van der Waals surface area contributed by atoms with Crippen molar-refractivity contribution in [1.29, 1.82) is 0 Å². The number of ketones is 1. The van der Waals surface area contributed by atoms with Crippen molar-refractivity contribution in [3.63, 3.8) is 0 Å². The lowest BCUT2D eigenvalue weighted by Gasteiger charge is -2.49. The van der Waals surface area contributed by atoms with Crippen LogP contribution in [0.2, 0.25) is 0 Å². The lowest BCUT2D eigenvalue weighted by atomic mass is 9.54. The number of hydrogen-bond donors (Lipinski definition) is 0. The second-order valence-corrected chi connectivity index (χ2v) is 7.64. The Kier molecular flexibility index (Phi) is 3.40. The van der Waals surface area contributed by atoms with E-state index in [2.05, 4.69) is 38.1 Å². The van der Waals surface area contributed by atoms with Gasteiger partial charge in [-0.2, -0.15) is 0 Å². The van der Waals surface area contributed by atoms with E-state index in [9.17, 15) is 4.79 Å². The van der Waals surface area contributed by atoms with Crippen molar-refractivity contribution in [3.05, 3.63) is 41.0 Å². The van der Waals surface area contributed by atoms with E-state index in [1.807, 2.05) is 0 Å². The van der Waals surface area contributed by atoms with Crippen LogP contribution in [-0.4, -0.2) is 12.9 Å². The molecule has 122 valence electrons. The zero-order chi connectivity index (χ0) is 16.2. The SMILES string of the molecule is CC[C@]12CC[C@@H]3c4ccc(OC)cc4C[C@@H](C)[C@H]3C1=CCC2=O. The summed E-state index contributed by atoms with van der Waals surface area (Å²) in [7, 11) is 1.74. The fraction of sp³-hybridized carbons (Fsp3) is 0.571. The number of rotatable bonds is 2. The Balaban J connectivity index is 1.78. The average molecular weight is 310 g/mol. The largest absolute Gasteiger partial charge is 0.497 e. The Morgan fingerprint density at radius 3 is 2.91 bits per heavy atom. The minimum absolute atomic E-state index is 0.126. The van der Waals surface area contributed by atoms with Crippen LogP contribution in [0.5, 0.6) is 5.75 Å². The van der Waals surface area contributed by atoms with Gasteiger partial charge in [0.25, 0.3) is 0 Å². The normalized spacial score (nSPS) is 35.2. The van der Waals surface area contributed by atoms with Crippen LogP contribution in [0.25, 0.3) is 0 Å². The van der Waals surface area contributed by atoms with Gasteiger partial charge in [0.1, 0.15) is 11.5 Å². The Labute approximate surface area is 138 Å². The number of hydrogen-bond acceptors (Lipinski definition) is 2. The molecule has 0 unspecified atom stereocenters. The van der Waals surface area contributed by atoms with Crippen molar-refractivity contribution in [2.75, 3.05) is 7.11 Å². The Hall–Kier alpha value is -1.57. The standard InChI is InChI=1S/C21H26O2/c1-4-21-10-9-17-16-6-5-15(23-3)12-14(16)11-13(2)20(17)18(21)7-8-19(21)22/h5-7,12-13,17,20H,4,8-11H2,1-3H3/t13-,17-,20-,21+/m1/s1. The highest BCUT2D eigenvalue weighted by molar-refractivity contribution is 5.92. The first-order valence-electron chi connectivity index (χ1n) is 9.01. The predicted molar refractivity (Wildman–Crippen MR) is 91.8 cm³/mol. The summed E-state index contributed by atoms with van der Waals surface area (Å²) in [4.78, 5) is 12.6. The maximum atomic E-state index is 12.6. The summed E-state index contributed by atoms with van der Waals surface area (Å²) < 4.78 is 5.41. The molecule has 0 heterocycles. The molecule has 0 amide bonds. The quantitative estimate of drug-likeness (QED) is 0.742. The lowest BCUT2D eigenvalue weighted by molar-refractivity contribution is -0.126. The third-order valence-corrected chi connectivity index (χ3v) is 6.78. The van der Waals surface area contributed by atoms with Crippen molar-refractivity contribution < 1.29 is 9.53 Å². The van der Waals surface area contributed by atoms with E-state index in [4.69, 9.17) is 4.74 Å². The van der Waals surface area contributed by atoms with Crippen LogP contribution in [-0.2, 0) is 11.2 Å². The maximum Gasteiger partial charge on any atom is 0.146 e. The number of allylic oxidation sites excluding steroid dienone is 2. The first-order valence-corrected chi connectivity index (χ1v) is 9.01. The van der Waals surface area contributed by atoms with E-state index >= 15 is 0 Å². The smallest absolute Gasteiger partial charge is 0.146 e. The number of carbonyl (C=O) groups is 1. The zero-order valence-corrected chi connectivity index (χ0v) is 14.4. The van der Waals surface area contributed by atoms with E-state index in [1.54, 1.807) is 7.11 Å². The van der Waals surface area contributed by atoms with Gasteiger partial charge in [-0.15, -0.1) is 0 Å². The summed E-state index contributed by atoms with van der Waals surface area (Å²) in [5.41, 5.74) is 4.31. The minimum atomic E-state index is -0.126. The van der Waals surface area contributed by atoms with Crippen LogP contribution in [0.15, 0.2) is 29.8 Å². The van der Waals surface area contributed by atoms with Gasteiger partial charge < -0.3 is 4.74 Å². The fourth-order valence-electron chi connectivity index (χ4n) is 5.64. The monoisotopic (exact) mass is 310 g/mol. The molecule has 0 aromatic heterocycles. The van der Waals surface area contributed by atoms with Crippen LogP contribution in [0, 0.1) is 17.3 Å². The Morgan fingerprint density at radius 1 is 1.35 bits per heavy atom. The summed E-state index contributed by atoms with van der Waals surface area (Å²) in [5, 5.41) is 0. The lowest BCUT2D eigenvalue weighted by Crippen LogP contribution is -2.42. The van der Waals surface area contributed by atoms with Crippen molar-refractivity contribution in [2.45, 2.75) is 51.9 Å². The highest BCUT2D eigenvalue weighted by Gasteiger charge is 2.53. The van der Waals surface area contributed by atoms with Gasteiger partial charge in [-0.25, -0.2) is 0 Å². The predicted octanol–water partition coefficient (Wildman–Crippen LogP) is 4.68. The Morgan fingerprint density at radius 2 is 2.17 bits per heavy atom. The maximum absolute atomic E-state index is 12.6. The van der Waals surface area contributed by atoms with E-state index in [-0.39, 0.29) is 5.41 Å². The number of Topliss-reactive ketones (excluding diaryl/α,β-unsaturated/α-hetero) is 1. The molecule has 0 radical (unpaired) electrons. The number of ether oxygens (including phenoxy) is 1. The summed E-state index contributed by atoms with van der Waals surface area (Å²) in [6.45, 7) is 4.57. The molecule has 2 nitrogen and oxygen atoms in total. The second kappa shape index (κ2) is 5.22. The molecule has 0 spiro atoms. The van der Waals surface area contributed by atoms with Crippen LogP contribution in [0.3, 0.4) is 0 Å². The summed E-state index contributed by atoms with van der Waals surface area (Å²) in [5.74, 6) is 3.17. The molecule has 1 saturated carbocycles. The van der Waals surface area contributed by atoms with Crippen molar-refractivity contribution in [1.82, 2.24) is 0 Å². The second-order valence-electron chi connectivity index (χ2n) is 7.64. The van der Waals surface area contributed by atoms with Crippen LogP contribution in [0.1, 0.15) is 56.6 Å². The van der Waals surface area contributed by atoms with Crippen molar-refractivity contribution in [2.24, 2.45) is 17.3 Å². The zero-order valence-electron chi connectivity index (χ0n) is 14.4.